The molecule has 0 aliphatic carbocycles. The van der Waals surface area contributed by atoms with Crippen molar-refractivity contribution in [2.75, 3.05) is 9.80 Å². The maximum absolute atomic E-state index is 2.63. The van der Waals surface area contributed by atoms with Gasteiger partial charge in [0.2, 0.25) is 0 Å². The van der Waals surface area contributed by atoms with E-state index in [-0.39, 0.29) is 23.0 Å². The lowest BCUT2D eigenvalue weighted by atomic mass is 9.36. The molecule has 0 fully saturated rings. The van der Waals surface area contributed by atoms with Crippen LogP contribution in [0, 0.1) is 0 Å². The zero-order valence-corrected chi connectivity index (χ0v) is 38.6. The van der Waals surface area contributed by atoms with Crippen molar-refractivity contribution in [3.63, 3.8) is 0 Å². The predicted octanol–water partition coefficient (Wildman–Crippen LogP) is 14.4. The molecule has 0 saturated heterocycles. The van der Waals surface area contributed by atoms with Crippen molar-refractivity contribution in [3.8, 4) is 5.69 Å². The van der Waals surface area contributed by atoms with Gasteiger partial charge in [-0.1, -0.05) is 147 Å². The number of benzene rings is 7. The van der Waals surface area contributed by atoms with Crippen LogP contribution in [0.1, 0.15) is 79.0 Å². The first-order chi connectivity index (χ1) is 29.7. The molecule has 62 heavy (non-hydrogen) atoms. The Labute approximate surface area is 374 Å². The van der Waals surface area contributed by atoms with Crippen LogP contribution in [0.5, 0.6) is 0 Å². The third kappa shape index (κ3) is 5.39. The minimum atomic E-state index is -0.0507. The SMILES string of the molecule is CC(C)(C)c1ccc(N2c3cccc4c3B(c3cc5c6ccccc6n6c5cc3N4c3ccccc3Sc3ccccc3-6)c3sc4c(C(C)(C)C)cc(C(C)(C)C)cc4c32)cc1. The molecular formula is C56H50BN3S2. The van der Waals surface area contributed by atoms with Gasteiger partial charge >= 0.3 is 0 Å². The minimum absolute atomic E-state index is 0.0191. The molecule has 5 heterocycles. The van der Waals surface area contributed by atoms with Crippen LogP contribution in [0.25, 0.3) is 37.6 Å². The summed E-state index contributed by atoms with van der Waals surface area (Å²) in [5.41, 5.74) is 18.0. The highest BCUT2D eigenvalue weighted by Gasteiger charge is 2.46. The molecule has 0 unspecified atom stereocenters. The molecule has 3 nitrogen and oxygen atoms in total. The number of rotatable bonds is 1. The maximum Gasteiger partial charge on any atom is 0.264 e. The van der Waals surface area contributed by atoms with Crippen molar-refractivity contribution in [3.05, 3.63) is 156 Å². The number of aromatic nitrogens is 1. The molecule has 0 atom stereocenters. The van der Waals surface area contributed by atoms with E-state index in [1.54, 1.807) is 0 Å². The molecule has 3 aliphatic rings. The second-order valence-electron chi connectivity index (χ2n) is 20.6. The number of anilines is 6. The maximum atomic E-state index is 2.63. The van der Waals surface area contributed by atoms with Gasteiger partial charge in [-0.05, 0) is 111 Å². The van der Waals surface area contributed by atoms with E-state index in [4.69, 9.17) is 0 Å². The van der Waals surface area contributed by atoms with E-state index < -0.39 is 0 Å². The molecule has 0 radical (unpaired) electrons. The Bertz CT molecular complexity index is 3350. The Morgan fingerprint density at radius 1 is 0.468 bits per heavy atom. The fraction of sp³-hybridized carbons (Fsp3) is 0.214. The first kappa shape index (κ1) is 38.0. The predicted molar refractivity (Wildman–Crippen MR) is 270 cm³/mol. The van der Waals surface area contributed by atoms with E-state index >= 15 is 0 Å². The van der Waals surface area contributed by atoms with Gasteiger partial charge in [-0.25, -0.2) is 0 Å². The molecule has 0 amide bonds. The van der Waals surface area contributed by atoms with Gasteiger partial charge in [0.1, 0.15) is 0 Å². The second kappa shape index (κ2) is 12.9. The van der Waals surface area contributed by atoms with Crippen LogP contribution in [0.2, 0.25) is 0 Å². The molecule has 3 aliphatic heterocycles. The van der Waals surface area contributed by atoms with Crippen LogP contribution in [-0.2, 0) is 16.2 Å². The van der Waals surface area contributed by atoms with E-state index in [9.17, 15) is 0 Å². The number of hydrogen-bond donors (Lipinski definition) is 0. The van der Waals surface area contributed by atoms with Gasteiger partial charge in [-0.3, -0.25) is 0 Å². The highest BCUT2D eigenvalue weighted by molar-refractivity contribution is 7.99. The zero-order valence-electron chi connectivity index (χ0n) is 37.0. The lowest BCUT2D eigenvalue weighted by molar-refractivity contribution is 0.573. The van der Waals surface area contributed by atoms with Gasteiger partial charge in [0.05, 0.1) is 28.1 Å². The smallest absolute Gasteiger partial charge is 0.264 e. The normalized spacial score (nSPS) is 14.4. The molecule has 0 N–H and O–H groups in total. The Morgan fingerprint density at radius 2 is 1.10 bits per heavy atom. The van der Waals surface area contributed by atoms with Gasteiger partial charge in [-0.2, -0.15) is 0 Å². The Hall–Kier alpha value is -5.69. The summed E-state index contributed by atoms with van der Waals surface area (Å²) in [6, 6.07) is 53.7. The monoisotopic (exact) mass is 839 g/mol. The molecule has 2 bridgehead atoms. The Balaban J connectivity index is 1.25. The quantitative estimate of drug-likeness (QED) is 0.153. The Morgan fingerprint density at radius 3 is 1.81 bits per heavy atom. The van der Waals surface area contributed by atoms with Crippen molar-refractivity contribution in [1.29, 1.82) is 0 Å². The fourth-order valence-corrected chi connectivity index (χ4v) is 13.1. The molecule has 0 spiro atoms. The fourth-order valence-electron chi connectivity index (χ4n) is 10.4. The minimum Gasteiger partial charge on any atom is -0.310 e. The van der Waals surface area contributed by atoms with Gasteiger partial charge < -0.3 is 14.4 Å². The molecule has 2 aromatic heterocycles. The lowest BCUT2D eigenvalue weighted by Gasteiger charge is -2.43. The standard InChI is InChI=1S/C56H50BN3S2/c1-54(2,3)33-25-27-35(28-26-33)58-44-21-16-22-45-50(44)57(53-51(58)38-29-34(55(4,5)6)30-39(52(38)62-53)56(7,8)9)40-31-37-36-17-10-11-18-41(36)59-42-19-12-14-23-48(42)61-49-24-15-13-20-43(49)60(45)47(40)32-46(37)59/h10-32H,1-9H3. The van der Waals surface area contributed by atoms with Gasteiger partial charge in [-0.15, -0.1) is 11.3 Å². The zero-order chi connectivity index (χ0) is 42.6. The highest BCUT2D eigenvalue weighted by atomic mass is 32.2. The number of para-hydroxylation sites is 3. The summed E-state index contributed by atoms with van der Waals surface area (Å²) in [6.07, 6.45) is 0. The number of fused-ring (bicyclic) bond motifs is 13. The van der Waals surface area contributed by atoms with Crippen LogP contribution in [-0.4, -0.2) is 11.3 Å². The first-order valence-electron chi connectivity index (χ1n) is 22.1. The topological polar surface area (TPSA) is 11.4 Å². The average Bonchev–Trinajstić information content (AvgIpc) is 3.78. The van der Waals surface area contributed by atoms with Crippen LogP contribution in [0.15, 0.2) is 149 Å². The summed E-state index contributed by atoms with van der Waals surface area (Å²) in [5, 5.41) is 3.93. The lowest BCUT2D eigenvalue weighted by Crippen LogP contribution is -2.60. The van der Waals surface area contributed by atoms with Gasteiger partial charge in [0, 0.05) is 58.2 Å². The van der Waals surface area contributed by atoms with Crippen LogP contribution in [0.3, 0.4) is 0 Å². The summed E-state index contributed by atoms with van der Waals surface area (Å²) in [5.74, 6) is 0. The molecule has 12 rings (SSSR count). The van der Waals surface area contributed by atoms with Crippen molar-refractivity contribution < 1.29 is 0 Å². The largest absolute Gasteiger partial charge is 0.310 e. The summed E-state index contributed by atoms with van der Waals surface area (Å²) in [7, 11) is 0. The summed E-state index contributed by atoms with van der Waals surface area (Å²) < 4.78 is 5.33. The third-order valence-corrected chi connectivity index (χ3v) is 16.0. The van der Waals surface area contributed by atoms with E-state index in [1.807, 2.05) is 23.1 Å². The number of thiophene rings is 1. The Kier molecular flexibility index (Phi) is 7.93. The molecule has 9 aromatic rings. The average molecular weight is 840 g/mol. The van der Waals surface area contributed by atoms with Crippen molar-refractivity contribution >= 4 is 112 Å². The highest BCUT2D eigenvalue weighted by Crippen LogP contribution is 2.53. The molecular weight excluding hydrogens is 790 g/mol. The molecule has 7 aromatic carbocycles. The van der Waals surface area contributed by atoms with Crippen molar-refractivity contribution in [1.82, 2.24) is 4.57 Å². The number of hydrogen-bond acceptors (Lipinski definition) is 4. The van der Waals surface area contributed by atoms with Crippen molar-refractivity contribution in [2.45, 2.75) is 88.3 Å². The molecule has 304 valence electrons. The number of nitrogens with zero attached hydrogens (tertiary/aromatic N) is 3. The molecule has 0 saturated carbocycles. The first-order valence-corrected chi connectivity index (χ1v) is 23.7. The van der Waals surface area contributed by atoms with Crippen molar-refractivity contribution in [2.24, 2.45) is 0 Å². The van der Waals surface area contributed by atoms with Crippen LogP contribution in [0.4, 0.5) is 34.1 Å². The van der Waals surface area contributed by atoms with Crippen LogP contribution >= 0.6 is 23.1 Å². The molecule has 6 heteroatoms. The third-order valence-electron chi connectivity index (χ3n) is 13.6. The summed E-state index contributed by atoms with van der Waals surface area (Å²) in [4.78, 5) is 7.70. The van der Waals surface area contributed by atoms with E-state index in [1.165, 1.54) is 114 Å². The van der Waals surface area contributed by atoms with E-state index in [0.29, 0.717) is 0 Å². The van der Waals surface area contributed by atoms with Gasteiger partial charge in [0.25, 0.3) is 6.71 Å². The van der Waals surface area contributed by atoms with Crippen LogP contribution < -0.4 is 25.5 Å². The van der Waals surface area contributed by atoms with E-state index in [2.05, 4.69) is 216 Å². The second-order valence-corrected chi connectivity index (χ2v) is 22.8. The summed E-state index contributed by atoms with van der Waals surface area (Å²) in [6.45, 7) is 21.2. The van der Waals surface area contributed by atoms with E-state index in [0.717, 1.165) is 0 Å². The summed E-state index contributed by atoms with van der Waals surface area (Å²) >= 11 is 3.90. The van der Waals surface area contributed by atoms with Gasteiger partial charge in [0.15, 0.2) is 0 Å².